The molecule has 2 heterocycles. The van der Waals surface area contributed by atoms with E-state index in [4.69, 9.17) is 11.6 Å². The molecule has 1 aliphatic heterocycles. The minimum Gasteiger partial charge on any atom is -0.371 e. The molecule has 1 aromatic carbocycles. The average Bonchev–Trinajstić information content (AvgIpc) is 2.64. The van der Waals surface area contributed by atoms with Crippen LogP contribution < -0.4 is 10.2 Å². The van der Waals surface area contributed by atoms with Crippen LogP contribution in [0.1, 0.15) is 24.1 Å². The van der Waals surface area contributed by atoms with Crippen molar-refractivity contribution in [1.29, 1.82) is 0 Å². The molecule has 2 aromatic rings. The van der Waals surface area contributed by atoms with Crippen LogP contribution in [0.25, 0.3) is 0 Å². The molecule has 1 amide bonds. The number of aryl methyl sites for hydroxylation is 1. The second kappa shape index (κ2) is 8.49. The van der Waals surface area contributed by atoms with Gasteiger partial charge in [0.2, 0.25) is 5.91 Å². The van der Waals surface area contributed by atoms with Crippen LogP contribution in [0.15, 0.2) is 36.5 Å². The lowest BCUT2D eigenvalue weighted by Crippen LogP contribution is -2.39. The van der Waals surface area contributed by atoms with Gasteiger partial charge in [-0.15, -0.1) is 0 Å². The molecule has 0 aliphatic carbocycles. The fraction of sp³-hybridized carbons (Fsp3) is 0.400. The van der Waals surface area contributed by atoms with E-state index in [1.807, 2.05) is 19.2 Å². The quantitative estimate of drug-likeness (QED) is 0.865. The maximum Gasteiger partial charge on any atom is 0.224 e. The van der Waals surface area contributed by atoms with E-state index in [1.165, 1.54) is 17.8 Å². The lowest BCUT2D eigenvalue weighted by Gasteiger charge is -2.33. The molecule has 26 heavy (non-hydrogen) atoms. The fourth-order valence-corrected chi connectivity index (χ4v) is 3.53. The summed E-state index contributed by atoms with van der Waals surface area (Å²) in [7, 11) is 0. The van der Waals surface area contributed by atoms with Crippen molar-refractivity contribution in [2.75, 3.05) is 24.5 Å². The third-order valence-corrected chi connectivity index (χ3v) is 5.20. The summed E-state index contributed by atoms with van der Waals surface area (Å²) in [5.41, 5.74) is 2.48. The van der Waals surface area contributed by atoms with Crippen LogP contribution in [-0.2, 0) is 11.2 Å². The van der Waals surface area contributed by atoms with Gasteiger partial charge in [0.05, 0.1) is 6.42 Å². The lowest BCUT2D eigenvalue weighted by atomic mass is 9.96. The number of hydrogen-bond donors (Lipinski definition) is 1. The molecule has 0 bridgehead atoms. The van der Waals surface area contributed by atoms with Gasteiger partial charge in [-0.2, -0.15) is 0 Å². The minimum absolute atomic E-state index is 0.0271. The van der Waals surface area contributed by atoms with Crippen molar-refractivity contribution in [3.05, 3.63) is 58.6 Å². The van der Waals surface area contributed by atoms with E-state index in [0.717, 1.165) is 31.6 Å². The van der Waals surface area contributed by atoms with E-state index in [9.17, 15) is 9.18 Å². The zero-order valence-electron chi connectivity index (χ0n) is 14.8. The molecule has 6 heteroatoms. The largest absolute Gasteiger partial charge is 0.371 e. The highest BCUT2D eigenvalue weighted by atomic mass is 35.5. The van der Waals surface area contributed by atoms with Crippen LogP contribution in [0, 0.1) is 18.7 Å². The van der Waals surface area contributed by atoms with Gasteiger partial charge in [0.25, 0.3) is 0 Å². The van der Waals surface area contributed by atoms with Gasteiger partial charge in [-0.05, 0) is 49.9 Å². The summed E-state index contributed by atoms with van der Waals surface area (Å²) in [4.78, 5) is 18.7. The molecular formula is C20H23ClFN3O. The molecule has 0 radical (unpaired) electrons. The number of halogens is 2. The number of piperidine rings is 1. The van der Waals surface area contributed by atoms with Crippen LogP contribution in [0.2, 0.25) is 5.02 Å². The summed E-state index contributed by atoms with van der Waals surface area (Å²) < 4.78 is 13.8. The Kier molecular flexibility index (Phi) is 6.09. The molecule has 0 unspecified atom stereocenters. The van der Waals surface area contributed by atoms with Gasteiger partial charge >= 0.3 is 0 Å². The number of rotatable bonds is 5. The minimum atomic E-state index is -0.436. The molecule has 1 fully saturated rings. The molecule has 1 N–H and O–H groups in total. The highest BCUT2D eigenvalue weighted by Gasteiger charge is 2.20. The van der Waals surface area contributed by atoms with E-state index in [2.05, 4.69) is 21.3 Å². The number of benzene rings is 1. The van der Waals surface area contributed by atoms with E-state index in [0.29, 0.717) is 17.5 Å². The van der Waals surface area contributed by atoms with Crippen molar-refractivity contribution in [1.82, 2.24) is 10.3 Å². The molecule has 3 rings (SSSR count). The van der Waals surface area contributed by atoms with Gasteiger partial charge in [-0.1, -0.05) is 17.7 Å². The first kappa shape index (κ1) is 18.6. The molecule has 0 saturated carbocycles. The zero-order valence-corrected chi connectivity index (χ0v) is 15.6. The fourth-order valence-electron chi connectivity index (χ4n) is 3.31. The van der Waals surface area contributed by atoms with E-state index in [1.54, 1.807) is 6.07 Å². The summed E-state index contributed by atoms with van der Waals surface area (Å²) in [6.45, 7) is 4.54. The number of anilines is 1. The smallest absolute Gasteiger partial charge is 0.224 e. The van der Waals surface area contributed by atoms with Crippen LogP contribution in [0.3, 0.4) is 0 Å². The predicted octanol–water partition coefficient (Wildman–Crippen LogP) is 3.76. The summed E-state index contributed by atoms with van der Waals surface area (Å²) in [6, 6.07) is 8.60. The van der Waals surface area contributed by atoms with Crippen LogP contribution in [-0.4, -0.2) is 30.5 Å². The summed E-state index contributed by atoms with van der Waals surface area (Å²) >= 11 is 5.98. The predicted molar refractivity (Wildman–Crippen MR) is 102 cm³/mol. The average molecular weight is 376 g/mol. The summed E-state index contributed by atoms with van der Waals surface area (Å²) in [6.07, 6.45) is 3.84. The van der Waals surface area contributed by atoms with Crippen LogP contribution >= 0.6 is 11.6 Å². The molecule has 4 nitrogen and oxygen atoms in total. The van der Waals surface area contributed by atoms with Gasteiger partial charge in [0.1, 0.15) is 5.82 Å². The Bertz CT molecular complexity index is 755. The van der Waals surface area contributed by atoms with Crippen molar-refractivity contribution >= 4 is 23.2 Å². The summed E-state index contributed by atoms with van der Waals surface area (Å²) in [5.74, 6) is -0.188. The Morgan fingerprint density at radius 2 is 2.12 bits per heavy atom. The van der Waals surface area contributed by atoms with Crippen molar-refractivity contribution < 1.29 is 9.18 Å². The Morgan fingerprint density at radius 1 is 1.35 bits per heavy atom. The third-order valence-electron chi connectivity index (χ3n) is 4.85. The Labute approximate surface area is 158 Å². The zero-order chi connectivity index (χ0) is 18.5. The highest BCUT2D eigenvalue weighted by molar-refractivity contribution is 6.31. The lowest BCUT2D eigenvalue weighted by molar-refractivity contribution is -0.120. The number of carbonyl (C=O) groups is 1. The number of nitrogens with zero attached hydrogens (tertiary/aromatic N) is 2. The number of pyridine rings is 1. The molecule has 0 spiro atoms. The Morgan fingerprint density at radius 3 is 2.81 bits per heavy atom. The topological polar surface area (TPSA) is 45.2 Å². The van der Waals surface area contributed by atoms with E-state index < -0.39 is 5.82 Å². The second-order valence-electron chi connectivity index (χ2n) is 6.77. The normalized spacial score (nSPS) is 15.1. The van der Waals surface area contributed by atoms with Gasteiger partial charge in [0.15, 0.2) is 0 Å². The number of carbonyl (C=O) groups excluding carboxylic acids is 1. The number of amides is 1. The van der Waals surface area contributed by atoms with Gasteiger partial charge in [-0.3, -0.25) is 9.78 Å². The second-order valence-corrected chi connectivity index (χ2v) is 7.17. The Hall–Kier alpha value is -2.14. The molecule has 0 atom stereocenters. The first-order valence-corrected chi connectivity index (χ1v) is 9.28. The highest BCUT2D eigenvalue weighted by Crippen LogP contribution is 2.23. The van der Waals surface area contributed by atoms with E-state index in [-0.39, 0.29) is 17.9 Å². The van der Waals surface area contributed by atoms with Gasteiger partial charge < -0.3 is 10.2 Å². The van der Waals surface area contributed by atoms with Crippen molar-refractivity contribution in [3.8, 4) is 0 Å². The molecule has 138 valence electrons. The molecular weight excluding hydrogens is 353 g/mol. The Balaban J connectivity index is 1.46. The van der Waals surface area contributed by atoms with Crippen LogP contribution in [0.4, 0.5) is 10.1 Å². The molecule has 1 saturated heterocycles. The van der Waals surface area contributed by atoms with Gasteiger partial charge in [-0.25, -0.2) is 4.39 Å². The first-order valence-electron chi connectivity index (χ1n) is 8.90. The van der Waals surface area contributed by atoms with Crippen molar-refractivity contribution in [3.63, 3.8) is 0 Å². The molecule has 1 aromatic heterocycles. The standard InChI is InChI=1S/C20H23ClFN3O/c1-14-11-16(5-8-23-14)25-9-6-15(7-10-25)13-24-20(26)12-17-18(21)3-2-4-19(17)22/h2-5,8,11,15H,6-7,9-10,12-13H2,1H3,(H,24,26). The van der Waals surface area contributed by atoms with Crippen molar-refractivity contribution in [2.24, 2.45) is 5.92 Å². The van der Waals surface area contributed by atoms with Crippen LogP contribution in [0.5, 0.6) is 0 Å². The molecule has 1 aliphatic rings. The monoisotopic (exact) mass is 375 g/mol. The number of nitrogens with one attached hydrogen (secondary N) is 1. The van der Waals surface area contributed by atoms with Gasteiger partial charge in [0, 0.05) is 47.8 Å². The number of hydrogen-bond acceptors (Lipinski definition) is 3. The maximum atomic E-state index is 13.8. The maximum absolute atomic E-state index is 13.8. The van der Waals surface area contributed by atoms with E-state index >= 15 is 0 Å². The third kappa shape index (κ3) is 4.73. The number of aromatic nitrogens is 1. The SMILES string of the molecule is Cc1cc(N2CCC(CNC(=O)Cc3c(F)cccc3Cl)CC2)ccn1. The first-order chi connectivity index (χ1) is 12.5. The summed E-state index contributed by atoms with van der Waals surface area (Å²) in [5, 5.41) is 3.22. The van der Waals surface area contributed by atoms with Crippen molar-refractivity contribution in [2.45, 2.75) is 26.2 Å².